The van der Waals surface area contributed by atoms with Crippen molar-refractivity contribution in [2.75, 3.05) is 19.0 Å². The zero-order chi connectivity index (χ0) is 23.9. The highest BCUT2D eigenvalue weighted by atomic mass is 32.1. The van der Waals surface area contributed by atoms with E-state index in [0.29, 0.717) is 25.1 Å². The lowest BCUT2D eigenvalue weighted by atomic mass is 10.0. The van der Waals surface area contributed by atoms with Gasteiger partial charge in [0, 0.05) is 22.7 Å². The van der Waals surface area contributed by atoms with Crippen LogP contribution >= 0.6 is 22.7 Å². The molecule has 33 heavy (non-hydrogen) atoms. The second kappa shape index (κ2) is 8.79. The number of carbonyl (C=O) groups excluding carboxylic acids is 2. The van der Waals surface area contributed by atoms with Crippen LogP contribution in [0.25, 0.3) is 20.8 Å². The van der Waals surface area contributed by atoms with Crippen LogP contribution in [0.1, 0.15) is 48.5 Å². The van der Waals surface area contributed by atoms with Crippen molar-refractivity contribution in [3.8, 4) is 10.6 Å². The first kappa shape index (κ1) is 23.3. The maximum atomic E-state index is 12.6. The van der Waals surface area contributed by atoms with Crippen molar-refractivity contribution in [2.45, 2.75) is 46.3 Å². The summed E-state index contributed by atoms with van der Waals surface area (Å²) >= 11 is 3.20. The molecular weight excluding hydrogens is 458 g/mol. The van der Waals surface area contributed by atoms with Crippen LogP contribution in [0.15, 0.2) is 30.5 Å². The van der Waals surface area contributed by atoms with Gasteiger partial charge in [-0.15, -0.1) is 22.7 Å². The molecule has 0 bridgehead atoms. The van der Waals surface area contributed by atoms with Gasteiger partial charge in [-0.25, -0.2) is 14.6 Å². The van der Waals surface area contributed by atoms with Crippen LogP contribution in [0.5, 0.6) is 0 Å². The third kappa shape index (κ3) is 4.89. The van der Waals surface area contributed by atoms with Crippen molar-refractivity contribution in [2.24, 2.45) is 0 Å². The van der Waals surface area contributed by atoms with Crippen LogP contribution in [0.4, 0.5) is 9.80 Å². The number of ether oxygens (including phenoxy) is 2. The summed E-state index contributed by atoms with van der Waals surface area (Å²) in [6, 6.07) is 5.42. The molecule has 0 spiro atoms. The molecule has 7 nitrogen and oxygen atoms in total. The zero-order valence-electron chi connectivity index (χ0n) is 19.4. The third-order valence-corrected chi connectivity index (χ3v) is 7.24. The summed E-state index contributed by atoms with van der Waals surface area (Å²) in [6.07, 6.45) is 0.412. The Labute approximate surface area is 201 Å². The number of aromatic nitrogens is 1. The van der Waals surface area contributed by atoms with E-state index in [1.807, 2.05) is 33.8 Å². The van der Waals surface area contributed by atoms with Gasteiger partial charge >= 0.3 is 12.1 Å². The summed E-state index contributed by atoms with van der Waals surface area (Å²) in [5, 5.41) is 5.21. The van der Waals surface area contributed by atoms with E-state index in [-0.39, 0.29) is 12.1 Å². The van der Waals surface area contributed by atoms with E-state index in [0.717, 1.165) is 36.4 Å². The Kier molecular flexibility index (Phi) is 6.20. The Morgan fingerprint density at radius 3 is 2.67 bits per heavy atom. The number of anilines is 1. The van der Waals surface area contributed by atoms with Gasteiger partial charge in [-0.2, -0.15) is 0 Å². The fourth-order valence-corrected chi connectivity index (χ4v) is 6.10. The van der Waals surface area contributed by atoms with Gasteiger partial charge in [-0.05, 0) is 57.9 Å². The molecule has 4 rings (SSSR count). The van der Waals surface area contributed by atoms with Crippen LogP contribution in [-0.4, -0.2) is 41.2 Å². The van der Waals surface area contributed by atoms with Crippen LogP contribution in [0.2, 0.25) is 0 Å². The van der Waals surface area contributed by atoms with Crippen LogP contribution in [-0.2, 0) is 22.4 Å². The van der Waals surface area contributed by atoms with Crippen molar-refractivity contribution in [3.63, 3.8) is 0 Å². The lowest BCUT2D eigenvalue weighted by molar-refractivity contribution is 0.0226. The average molecular weight is 486 g/mol. The van der Waals surface area contributed by atoms with Crippen molar-refractivity contribution in [1.29, 1.82) is 0 Å². The average Bonchev–Trinajstić information content (AvgIpc) is 3.30. The van der Waals surface area contributed by atoms with E-state index in [2.05, 4.69) is 11.9 Å². The Balaban J connectivity index is 1.73. The van der Waals surface area contributed by atoms with E-state index in [4.69, 9.17) is 14.5 Å². The predicted molar refractivity (Wildman–Crippen MR) is 133 cm³/mol. The van der Waals surface area contributed by atoms with Gasteiger partial charge in [0.1, 0.15) is 15.6 Å². The van der Waals surface area contributed by atoms with Gasteiger partial charge in [0.2, 0.25) is 0 Å². The Bertz CT molecular complexity index is 1250. The quantitative estimate of drug-likeness (QED) is 0.453. The molecule has 0 unspecified atom stereocenters. The largest absolute Gasteiger partial charge is 0.465 e. The van der Waals surface area contributed by atoms with Gasteiger partial charge in [0.15, 0.2) is 0 Å². The minimum absolute atomic E-state index is 0.298. The molecule has 0 saturated heterocycles. The molecule has 0 atom stereocenters. The highest BCUT2D eigenvalue weighted by Gasteiger charge is 2.31. The number of hydrogen-bond acceptors (Lipinski definition) is 8. The molecule has 0 saturated carbocycles. The number of thiazole rings is 1. The van der Waals surface area contributed by atoms with Gasteiger partial charge in [0.25, 0.3) is 0 Å². The summed E-state index contributed by atoms with van der Waals surface area (Å²) in [7, 11) is 1.37. The Morgan fingerprint density at radius 2 is 2.00 bits per heavy atom. The fraction of sp³-hybridized carbons (Fsp3) is 0.375. The second-order valence-electron chi connectivity index (χ2n) is 8.96. The highest BCUT2D eigenvalue weighted by Crippen LogP contribution is 2.46. The standard InChI is InChI=1S/C24H27N3O4S2/c1-13(2)25-20-19(21-26-16-11-14(22(28)30-6)7-8-17(16)32-21)15-9-10-27(12-18(15)33-20)23(29)31-24(3,4)5/h7-8,11,25H,1,9-10,12H2,2-6H3. The van der Waals surface area contributed by atoms with Crippen molar-refractivity contribution in [1.82, 2.24) is 9.88 Å². The lowest BCUT2D eigenvalue weighted by Crippen LogP contribution is -2.39. The number of fused-ring (bicyclic) bond motifs is 2. The number of amides is 1. The first-order chi connectivity index (χ1) is 15.6. The summed E-state index contributed by atoms with van der Waals surface area (Å²) in [5.41, 5.74) is 3.76. The van der Waals surface area contributed by atoms with Crippen LogP contribution in [0, 0.1) is 0 Å². The van der Waals surface area contributed by atoms with E-state index in [1.165, 1.54) is 12.7 Å². The molecule has 1 aromatic carbocycles. The molecule has 0 radical (unpaired) electrons. The topological polar surface area (TPSA) is 80.8 Å². The number of rotatable bonds is 4. The fourth-order valence-electron chi connectivity index (χ4n) is 3.67. The number of esters is 1. The Morgan fingerprint density at radius 1 is 1.24 bits per heavy atom. The van der Waals surface area contributed by atoms with Crippen molar-refractivity contribution in [3.05, 3.63) is 46.5 Å². The summed E-state index contributed by atoms with van der Waals surface area (Å²) in [6.45, 7) is 12.6. The van der Waals surface area contributed by atoms with E-state index < -0.39 is 5.60 Å². The van der Waals surface area contributed by atoms with Gasteiger partial charge < -0.3 is 19.7 Å². The molecule has 3 aromatic rings. The maximum absolute atomic E-state index is 12.6. The molecule has 9 heteroatoms. The molecule has 0 fully saturated rings. The Hall–Kier alpha value is -2.91. The van der Waals surface area contributed by atoms with Crippen molar-refractivity contribution < 1.29 is 19.1 Å². The molecule has 0 aliphatic carbocycles. The van der Waals surface area contributed by atoms with Crippen molar-refractivity contribution >= 4 is 50.0 Å². The number of methoxy groups -OCH3 is 1. The molecule has 2 aromatic heterocycles. The molecule has 174 valence electrons. The monoisotopic (exact) mass is 485 g/mol. The normalized spacial score (nSPS) is 13.5. The zero-order valence-corrected chi connectivity index (χ0v) is 21.0. The first-order valence-corrected chi connectivity index (χ1v) is 12.2. The summed E-state index contributed by atoms with van der Waals surface area (Å²) in [4.78, 5) is 32.3. The summed E-state index contributed by atoms with van der Waals surface area (Å²) < 4.78 is 11.4. The van der Waals surface area contributed by atoms with Gasteiger partial charge in [0.05, 0.1) is 29.4 Å². The van der Waals surface area contributed by atoms with E-state index in [1.54, 1.807) is 39.7 Å². The number of benzene rings is 1. The predicted octanol–water partition coefficient (Wildman–Crippen LogP) is 6.05. The molecule has 1 aliphatic rings. The number of nitrogens with zero attached hydrogens (tertiary/aromatic N) is 2. The second-order valence-corrected chi connectivity index (χ2v) is 11.1. The van der Waals surface area contributed by atoms with Crippen LogP contribution < -0.4 is 5.32 Å². The number of nitrogens with one attached hydrogen (secondary N) is 1. The molecule has 1 amide bonds. The van der Waals surface area contributed by atoms with E-state index >= 15 is 0 Å². The number of allylic oxidation sites excluding steroid dienone is 1. The lowest BCUT2D eigenvalue weighted by Gasteiger charge is -2.30. The minimum atomic E-state index is -0.533. The molecule has 1 aliphatic heterocycles. The van der Waals surface area contributed by atoms with Gasteiger partial charge in [-0.3, -0.25) is 0 Å². The smallest absolute Gasteiger partial charge is 0.410 e. The minimum Gasteiger partial charge on any atom is -0.465 e. The molecular formula is C24H27N3O4S2. The van der Waals surface area contributed by atoms with Crippen LogP contribution in [0.3, 0.4) is 0 Å². The number of carbonyl (C=O) groups is 2. The number of hydrogen-bond donors (Lipinski definition) is 1. The third-order valence-electron chi connectivity index (χ3n) is 5.06. The maximum Gasteiger partial charge on any atom is 0.410 e. The first-order valence-electron chi connectivity index (χ1n) is 10.6. The number of thiophene rings is 1. The SMILES string of the molecule is C=C(C)Nc1sc2c(c1-c1nc3cc(C(=O)OC)ccc3s1)CCN(C(=O)OC(C)(C)C)C2. The molecule has 3 heterocycles. The molecule has 1 N–H and O–H groups in total. The van der Waals surface area contributed by atoms with Gasteiger partial charge in [-0.1, -0.05) is 6.58 Å². The summed E-state index contributed by atoms with van der Waals surface area (Å²) in [5.74, 6) is -0.383. The highest BCUT2D eigenvalue weighted by molar-refractivity contribution is 7.22. The van der Waals surface area contributed by atoms with E-state index in [9.17, 15) is 9.59 Å².